The van der Waals surface area contributed by atoms with Crippen LogP contribution in [-0.4, -0.2) is 27.6 Å². The number of halogens is 2. The van der Waals surface area contributed by atoms with Crippen LogP contribution in [0.15, 0.2) is 67.9 Å². The summed E-state index contributed by atoms with van der Waals surface area (Å²) in [5.74, 6) is -1.57. The number of nitriles is 1. The van der Waals surface area contributed by atoms with Crippen LogP contribution in [0, 0.1) is 31.0 Å². The van der Waals surface area contributed by atoms with Crippen LogP contribution in [0.3, 0.4) is 0 Å². The molecule has 0 fully saturated rings. The molecule has 204 valence electrons. The molecule has 3 aromatic rings. The number of nitrogens with zero attached hydrogens (tertiary/aromatic N) is 4. The number of nitrogens with two attached hydrogens (primary N) is 1. The number of amides is 1. The monoisotopic (exact) mass is 638 g/mol. The summed E-state index contributed by atoms with van der Waals surface area (Å²) in [6.45, 7) is 3.93. The molecule has 8 nitrogen and oxygen atoms in total. The second-order valence-corrected chi connectivity index (χ2v) is 12.6. The van der Waals surface area contributed by atoms with Crippen LogP contribution in [-0.2, 0) is 9.59 Å². The fourth-order valence-electron chi connectivity index (χ4n) is 4.97. The van der Waals surface area contributed by atoms with Crippen molar-refractivity contribution in [1.29, 1.82) is 5.26 Å². The van der Waals surface area contributed by atoms with Gasteiger partial charge in [-0.2, -0.15) is 5.26 Å². The number of allylic oxidation sites excluding steroid dienone is 3. The van der Waals surface area contributed by atoms with Gasteiger partial charge in [0, 0.05) is 33.4 Å². The number of Topliss-reactive ketones (excluding diaryl/α,β-unsaturated/α-hetero) is 1. The number of thioether (sulfide) groups is 1. The zero-order chi connectivity index (χ0) is 28.6. The van der Waals surface area contributed by atoms with Crippen molar-refractivity contribution in [2.45, 2.75) is 43.4 Å². The van der Waals surface area contributed by atoms with Crippen LogP contribution in [0.25, 0.3) is 0 Å². The summed E-state index contributed by atoms with van der Waals surface area (Å²) in [4.78, 5) is 27.4. The van der Waals surface area contributed by atoms with Crippen molar-refractivity contribution >= 4 is 61.5 Å². The largest absolute Gasteiger partial charge is 0.384 e. The third kappa shape index (κ3) is 5.41. The number of carbonyl (C=O) groups is 2. The second-order valence-electron chi connectivity index (χ2n) is 9.49. The first-order chi connectivity index (χ1) is 19.2. The van der Waals surface area contributed by atoms with Gasteiger partial charge in [-0.25, -0.2) is 4.39 Å². The fraction of sp³-hybridized carbons (Fsp3) is 0.250. The molecule has 3 N–H and O–H groups in total. The number of anilines is 2. The zero-order valence-corrected chi connectivity index (χ0v) is 24.8. The standard InChI is InChI=1S/C28H24BrFN6O2S2/c1-14-6-9-20(15(2)10-14)33-23(38)13-39-28-35-34-27(40-28)36-21-4-3-5-22(37)25(21)24(18(12-31)26(36)32)17-8-7-16(29)11-19(17)30/h6-11,24H,3-5,13,32H2,1-2H3,(H,33,38). The molecule has 0 radical (unpaired) electrons. The Kier molecular flexibility index (Phi) is 8.07. The summed E-state index contributed by atoms with van der Waals surface area (Å²) >= 11 is 5.69. The van der Waals surface area contributed by atoms with Crippen molar-refractivity contribution in [2.75, 3.05) is 16.0 Å². The van der Waals surface area contributed by atoms with Gasteiger partial charge in [0.1, 0.15) is 11.6 Å². The Balaban J connectivity index is 1.43. The lowest BCUT2D eigenvalue weighted by molar-refractivity contribution is -0.116. The van der Waals surface area contributed by atoms with Crippen molar-refractivity contribution in [2.24, 2.45) is 5.73 Å². The Hall–Kier alpha value is -3.53. The van der Waals surface area contributed by atoms with Crippen LogP contribution in [0.1, 0.15) is 41.9 Å². The Morgan fingerprint density at radius 3 is 2.80 bits per heavy atom. The van der Waals surface area contributed by atoms with Crippen molar-refractivity contribution in [3.05, 3.63) is 86.0 Å². The van der Waals surface area contributed by atoms with Crippen molar-refractivity contribution in [1.82, 2.24) is 10.2 Å². The third-order valence-corrected chi connectivity index (χ3v) is 9.29. The van der Waals surface area contributed by atoms with Gasteiger partial charge >= 0.3 is 0 Å². The molecular formula is C28H24BrFN6O2S2. The SMILES string of the molecule is Cc1ccc(NC(=O)CSc2nnc(N3C(N)=C(C#N)C(c4ccc(Br)cc4F)C4=C3CCCC4=O)s2)c(C)c1. The molecule has 2 aromatic carbocycles. The van der Waals surface area contributed by atoms with Crippen LogP contribution in [0.5, 0.6) is 0 Å². The Morgan fingerprint density at radius 1 is 1.27 bits per heavy atom. The minimum atomic E-state index is -0.909. The van der Waals surface area contributed by atoms with E-state index in [2.05, 4.69) is 37.5 Å². The van der Waals surface area contributed by atoms with E-state index in [4.69, 9.17) is 5.73 Å². The molecular weight excluding hydrogens is 615 g/mol. The van der Waals surface area contributed by atoms with Gasteiger partial charge in [-0.05, 0) is 50.5 Å². The quantitative estimate of drug-likeness (QED) is 0.311. The maximum atomic E-state index is 15.1. The van der Waals surface area contributed by atoms with Gasteiger partial charge in [0.25, 0.3) is 0 Å². The van der Waals surface area contributed by atoms with Gasteiger partial charge in [0.15, 0.2) is 10.1 Å². The molecule has 2 aliphatic rings. The van der Waals surface area contributed by atoms with E-state index in [9.17, 15) is 14.9 Å². The molecule has 1 unspecified atom stereocenters. The summed E-state index contributed by atoms with van der Waals surface area (Å²) in [5, 5.41) is 21.9. The number of aryl methyl sites for hydroxylation is 2. The highest BCUT2D eigenvalue weighted by atomic mass is 79.9. The highest BCUT2D eigenvalue weighted by Crippen LogP contribution is 2.47. The first-order valence-corrected chi connectivity index (χ1v) is 15.0. The van der Waals surface area contributed by atoms with Gasteiger partial charge in [-0.3, -0.25) is 14.5 Å². The maximum Gasteiger partial charge on any atom is 0.234 e. The summed E-state index contributed by atoms with van der Waals surface area (Å²) in [6, 6.07) is 12.5. The molecule has 40 heavy (non-hydrogen) atoms. The lowest BCUT2D eigenvalue weighted by atomic mass is 9.75. The predicted molar refractivity (Wildman–Crippen MR) is 157 cm³/mol. The highest BCUT2D eigenvalue weighted by Gasteiger charge is 2.42. The molecule has 1 amide bonds. The lowest BCUT2D eigenvalue weighted by Crippen LogP contribution is -2.38. The van der Waals surface area contributed by atoms with Crippen molar-refractivity contribution in [3.63, 3.8) is 0 Å². The average Bonchev–Trinajstić information content (AvgIpc) is 3.37. The summed E-state index contributed by atoms with van der Waals surface area (Å²) < 4.78 is 16.2. The van der Waals surface area contributed by atoms with E-state index in [0.29, 0.717) is 44.5 Å². The van der Waals surface area contributed by atoms with Crippen LogP contribution in [0.2, 0.25) is 0 Å². The number of benzene rings is 2. The molecule has 2 heterocycles. The first-order valence-electron chi connectivity index (χ1n) is 12.4. The van der Waals surface area contributed by atoms with E-state index in [-0.39, 0.29) is 34.4 Å². The van der Waals surface area contributed by atoms with Crippen LogP contribution >= 0.6 is 39.0 Å². The number of carbonyl (C=O) groups excluding carboxylic acids is 2. The lowest BCUT2D eigenvalue weighted by Gasteiger charge is -2.38. The smallest absolute Gasteiger partial charge is 0.234 e. The number of rotatable bonds is 6. The Morgan fingerprint density at radius 2 is 2.08 bits per heavy atom. The first kappa shape index (κ1) is 28.0. The molecule has 1 aliphatic heterocycles. The number of ketones is 1. The maximum absolute atomic E-state index is 15.1. The molecule has 1 aromatic heterocycles. The van der Waals surface area contributed by atoms with Crippen molar-refractivity contribution < 1.29 is 14.0 Å². The van der Waals surface area contributed by atoms with Crippen molar-refractivity contribution in [3.8, 4) is 6.07 Å². The average molecular weight is 640 g/mol. The van der Waals surface area contributed by atoms with E-state index in [0.717, 1.165) is 16.8 Å². The topological polar surface area (TPSA) is 125 Å². The molecule has 0 saturated heterocycles. The van der Waals surface area contributed by atoms with E-state index >= 15 is 4.39 Å². The summed E-state index contributed by atoms with van der Waals surface area (Å²) in [7, 11) is 0. The fourth-order valence-corrected chi connectivity index (χ4v) is 6.98. The van der Waals surface area contributed by atoms with Crippen LogP contribution in [0.4, 0.5) is 15.2 Å². The molecule has 0 saturated carbocycles. The molecule has 12 heteroatoms. The van der Waals surface area contributed by atoms with E-state index in [1.54, 1.807) is 17.0 Å². The molecule has 5 rings (SSSR count). The van der Waals surface area contributed by atoms with E-state index < -0.39 is 11.7 Å². The molecule has 0 bridgehead atoms. The van der Waals surface area contributed by atoms with Crippen LogP contribution < -0.4 is 16.0 Å². The second kappa shape index (κ2) is 11.5. The van der Waals surface area contributed by atoms with Gasteiger partial charge in [-0.1, -0.05) is 62.8 Å². The number of hydrogen-bond donors (Lipinski definition) is 2. The summed E-state index contributed by atoms with van der Waals surface area (Å²) in [6.07, 6.45) is 1.40. The summed E-state index contributed by atoms with van der Waals surface area (Å²) in [5.41, 5.74) is 10.6. The van der Waals surface area contributed by atoms with Gasteiger partial charge in [0.2, 0.25) is 11.0 Å². The normalized spacial score (nSPS) is 17.1. The van der Waals surface area contributed by atoms with Gasteiger partial charge in [-0.15, -0.1) is 10.2 Å². The van der Waals surface area contributed by atoms with Gasteiger partial charge in [0.05, 0.1) is 23.3 Å². The highest BCUT2D eigenvalue weighted by molar-refractivity contribution is 9.10. The number of nitrogens with one attached hydrogen (secondary N) is 1. The Labute approximate surface area is 247 Å². The number of hydrogen-bond acceptors (Lipinski definition) is 9. The molecule has 1 atom stereocenters. The number of aromatic nitrogens is 2. The minimum Gasteiger partial charge on any atom is -0.384 e. The minimum absolute atomic E-state index is 0.0764. The van der Waals surface area contributed by atoms with E-state index in [1.807, 2.05) is 32.0 Å². The Bertz CT molecular complexity index is 1640. The zero-order valence-electron chi connectivity index (χ0n) is 21.6. The third-order valence-electron chi connectivity index (χ3n) is 6.76. The van der Waals surface area contributed by atoms with Gasteiger partial charge < -0.3 is 11.1 Å². The predicted octanol–water partition coefficient (Wildman–Crippen LogP) is 6.09. The van der Waals surface area contributed by atoms with E-state index in [1.165, 1.54) is 29.2 Å². The molecule has 0 spiro atoms. The molecule has 1 aliphatic carbocycles.